The average molecular weight is 630 g/mol. The van der Waals surface area contributed by atoms with E-state index in [1.165, 1.54) is 39.8 Å². The molecule has 1 saturated carbocycles. The third-order valence-electron chi connectivity index (χ3n) is 6.64. The molecule has 2 aromatic heterocycles. The number of β-lactam (4-membered cyclic amide) rings is 1. The van der Waals surface area contributed by atoms with Crippen molar-refractivity contribution in [1.29, 1.82) is 0 Å². The van der Waals surface area contributed by atoms with Gasteiger partial charge in [0, 0.05) is 21.6 Å². The van der Waals surface area contributed by atoms with Crippen molar-refractivity contribution in [2.24, 2.45) is 5.16 Å². The van der Waals surface area contributed by atoms with E-state index >= 15 is 0 Å². The van der Waals surface area contributed by atoms with E-state index in [-0.39, 0.29) is 28.3 Å². The fourth-order valence-electron chi connectivity index (χ4n) is 4.65. The van der Waals surface area contributed by atoms with Gasteiger partial charge in [0.15, 0.2) is 15.2 Å². The molecule has 212 valence electrons. The number of carboxylic acids is 1. The van der Waals surface area contributed by atoms with Crippen molar-refractivity contribution in [1.82, 2.24) is 25.4 Å². The second-order valence-electron chi connectivity index (χ2n) is 9.30. The van der Waals surface area contributed by atoms with Gasteiger partial charge in [-0.1, -0.05) is 58.6 Å². The first-order chi connectivity index (χ1) is 19.9. The van der Waals surface area contributed by atoms with Gasteiger partial charge in [0.05, 0.1) is 0 Å². The first kappa shape index (κ1) is 27.7. The van der Waals surface area contributed by atoms with Crippen LogP contribution < -0.4 is 11.1 Å². The van der Waals surface area contributed by atoms with Crippen LogP contribution in [-0.4, -0.2) is 72.0 Å². The number of thioether (sulfide) groups is 2. The number of benzene rings is 1. The Hall–Kier alpha value is -3.47. The van der Waals surface area contributed by atoms with Crippen molar-refractivity contribution in [3.8, 4) is 10.6 Å². The number of nitrogens with one attached hydrogen (secondary N) is 1. The molecule has 2 amide bonds. The largest absolute Gasteiger partial charge is 0.477 e. The molecule has 1 aliphatic carbocycles. The number of oxime groups is 1. The van der Waals surface area contributed by atoms with E-state index in [9.17, 15) is 19.5 Å². The number of hydrogen-bond donors (Lipinski definition) is 3. The second kappa shape index (κ2) is 11.8. The molecule has 16 heteroatoms. The minimum atomic E-state index is -1.23. The quantitative estimate of drug-likeness (QED) is 0.180. The zero-order valence-corrected chi connectivity index (χ0v) is 24.5. The number of nitrogens with zero attached hydrogens (tertiary/aromatic N) is 5. The molecule has 2 aliphatic heterocycles. The van der Waals surface area contributed by atoms with Gasteiger partial charge in [0.25, 0.3) is 11.8 Å². The molecule has 2 fully saturated rings. The molecular weight excluding hydrogens is 607 g/mol. The van der Waals surface area contributed by atoms with E-state index in [0.717, 1.165) is 42.6 Å². The Bertz CT molecular complexity index is 1550. The number of carbonyl (C=O) groups is 3. The van der Waals surface area contributed by atoms with Crippen molar-refractivity contribution in [3.63, 3.8) is 0 Å². The molecule has 2 atom stereocenters. The highest BCUT2D eigenvalue weighted by Crippen LogP contribution is 2.46. The lowest BCUT2D eigenvalue weighted by Crippen LogP contribution is -2.71. The molecule has 0 radical (unpaired) electrons. The number of nitrogens with two attached hydrogens (primary N) is 1. The number of hydrogen-bond acceptors (Lipinski definition) is 13. The zero-order chi connectivity index (χ0) is 28.5. The van der Waals surface area contributed by atoms with Gasteiger partial charge in [-0.3, -0.25) is 14.5 Å². The zero-order valence-electron chi connectivity index (χ0n) is 21.3. The summed E-state index contributed by atoms with van der Waals surface area (Å²) in [4.78, 5) is 50.3. The summed E-state index contributed by atoms with van der Waals surface area (Å²) in [5.41, 5.74) is 6.74. The summed E-state index contributed by atoms with van der Waals surface area (Å²) >= 11 is 5.05. The van der Waals surface area contributed by atoms with Crippen LogP contribution in [0.25, 0.3) is 10.6 Å². The van der Waals surface area contributed by atoms with Gasteiger partial charge in [-0.05, 0) is 25.7 Å². The van der Waals surface area contributed by atoms with Crippen LogP contribution in [0.1, 0.15) is 31.4 Å². The van der Waals surface area contributed by atoms with E-state index < -0.39 is 29.2 Å². The molecule has 3 aromatic rings. The number of aliphatic carboxylic acids is 1. The SMILES string of the molecule is Nc1nc(/C(=N/OC2CCCC2)C(=O)N[C@@H]2C(=O)N3C(C(=O)O)=C(Sc4nnc(-c5ccccc5)s4)CS[C@H]23)cs1. The van der Waals surface area contributed by atoms with E-state index in [1.54, 1.807) is 5.38 Å². The Morgan fingerprint density at radius 2 is 1.98 bits per heavy atom. The highest BCUT2D eigenvalue weighted by atomic mass is 32.2. The number of aromatic nitrogens is 3. The van der Waals surface area contributed by atoms with Crippen LogP contribution in [0.2, 0.25) is 0 Å². The fraction of sp³-hybridized carbons (Fsp3) is 0.320. The normalized spacial score (nSPS) is 21.0. The lowest BCUT2D eigenvalue weighted by Gasteiger charge is -2.49. The van der Waals surface area contributed by atoms with Gasteiger partial charge in [-0.2, -0.15) is 0 Å². The van der Waals surface area contributed by atoms with E-state index in [1.807, 2.05) is 30.3 Å². The number of rotatable bonds is 9. The number of carbonyl (C=O) groups excluding carboxylic acids is 2. The number of fused-ring (bicyclic) bond motifs is 1. The standard InChI is InChI=1S/C25H23N7O5S4/c26-24-27-14(10-39-24)16(31-37-13-8-4-5-9-13)19(33)28-17-21(34)32-18(23(35)36)15(11-38-22(17)32)40-25-30-29-20(41-25)12-6-2-1-3-7-12/h1-3,6-7,10,13,17,22H,4-5,8-9,11H2,(H2,26,27)(H,28,33)(H,35,36)/b31-16-/t17-,22-/m1/s1. The average Bonchev–Trinajstić information content (AvgIpc) is 3.75. The number of thiazole rings is 1. The Kier molecular flexibility index (Phi) is 7.96. The smallest absolute Gasteiger partial charge is 0.353 e. The Balaban J connectivity index is 1.18. The maximum atomic E-state index is 13.3. The number of nitrogen functional groups attached to an aromatic ring is 1. The topological polar surface area (TPSA) is 173 Å². The Morgan fingerprint density at radius 1 is 1.20 bits per heavy atom. The predicted molar refractivity (Wildman–Crippen MR) is 157 cm³/mol. The minimum absolute atomic E-state index is 0.0763. The molecule has 0 bridgehead atoms. The van der Waals surface area contributed by atoms with Gasteiger partial charge >= 0.3 is 5.97 Å². The van der Waals surface area contributed by atoms with Gasteiger partial charge in [-0.25, -0.2) is 9.78 Å². The highest BCUT2D eigenvalue weighted by molar-refractivity contribution is 8.07. The Morgan fingerprint density at radius 3 is 2.68 bits per heavy atom. The maximum absolute atomic E-state index is 13.3. The molecule has 4 heterocycles. The number of anilines is 1. The van der Waals surface area contributed by atoms with Crippen molar-refractivity contribution in [3.05, 3.63) is 52.0 Å². The summed E-state index contributed by atoms with van der Waals surface area (Å²) in [6.07, 6.45) is 3.68. The van der Waals surface area contributed by atoms with E-state index in [2.05, 4.69) is 25.7 Å². The van der Waals surface area contributed by atoms with Crippen LogP contribution >= 0.6 is 46.2 Å². The van der Waals surface area contributed by atoms with Gasteiger partial charge in [0.1, 0.15) is 33.9 Å². The molecular formula is C25H23N7O5S4. The summed E-state index contributed by atoms with van der Waals surface area (Å²) in [5.74, 6) is -2.08. The summed E-state index contributed by atoms with van der Waals surface area (Å²) in [5, 5.41) is 27.3. The fourth-order valence-corrected chi connectivity index (χ4v) is 8.70. The van der Waals surface area contributed by atoms with Gasteiger partial charge in [-0.15, -0.1) is 33.3 Å². The van der Waals surface area contributed by atoms with Crippen LogP contribution in [0.5, 0.6) is 0 Å². The minimum Gasteiger partial charge on any atom is -0.477 e. The highest BCUT2D eigenvalue weighted by Gasteiger charge is 2.54. The summed E-state index contributed by atoms with van der Waals surface area (Å²) in [7, 11) is 0. The molecule has 4 N–H and O–H groups in total. The predicted octanol–water partition coefficient (Wildman–Crippen LogP) is 3.40. The van der Waals surface area contributed by atoms with Crippen molar-refractivity contribution < 1.29 is 24.3 Å². The van der Waals surface area contributed by atoms with Gasteiger partial charge < -0.3 is 21.0 Å². The molecule has 3 aliphatic rings. The molecule has 1 aromatic carbocycles. The van der Waals surface area contributed by atoms with Crippen molar-refractivity contribution in [2.75, 3.05) is 11.5 Å². The molecule has 0 spiro atoms. The molecule has 6 rings (SSSR count). The van der Waals surface area contributed by atoms with E-state index in [4.69, 9.17) is 10.6 Å². The summed E-state index contributed by atoms with van der Waals surface area (Å²) < 4.78 is 0.570. The molecule has 0 unspecified atom stereocenters. The lowest BCUT2D eigenvalue weighted by atomic mass is 10.0. The number of amides is 2. The van der Waals surface area contributed by atoms with Gasteiger partial charge in [0.2, 0.25) is 0 Å². The third-order valence-corrected chi connectivity index (χ3v) is 10.9. The van der Waals surface area contributed by atoms with Crippen LogP contribution in [0.3, 0.4) is 0 Å². The molecule has 41 heavy (non-hydrogen) atoms. The van der Waals surface area contributed by atoms with Crippen molar-refractivity contribution in [2.45, 2.75) is 47.5 Å². The first-order valence-corrected chi connectivity index (χ1v) is 16.2. The lowest BCUT2D eigenvalue weighted by molar-refractivity contribution is -0.150. The van der Waals surface area contributed by atoms with E-state index in [0.29, 0.717) is 20.0 Å². The van der Waals surface area contributed by atoms with Crippen LogP contribution in [0, 0.1) is 0 Å². The second-order valence-corrected chi connectivity index (χ2v) is 13.6. The number of carboxylic acid groups (broad SMARTS) is 1. The third kappa shape index (κ3) is 5.68. The Labute approximate surface area is 250 Å². The maximum Gasteiger partial charge on any atom is 0.353 e. The van der Waals surface area contributed by atoms with Crippen molar-refractivity contribution >= 4 is 74.8 Å². The van der Waals surface area contributed by atoms with Crippen LogP contribution in [0.15, 0.2) is 55.8 Å². The monoisotopic (exact) mass is 629 g/mol. The summed E-state index contributed by atoms with van der Waals surface area (Å²) in [6, 6.07) is 8.62. The van der Waals surface area contributed by atoms with Crippen LogP contribution in [-0.2, 0) is 19.2 Å². The molecule has 12 nitrogen and oxygen atoms in total. The van der Waals surface area contributed by atoms with Crippen LogP contribution in [0.4, 0.5) is 5.13 Å². The summed E-state index contributed by atoms with van der Waals surface area (Å²) in [6.45, 7) is 0. The molecule has 1 saturated heterocycles. The first-order valence-electron chi connectivity index (χ1n) is 12.6.